The van der Waals surface area contributed by atoms with Crippen LogP contribution < -0.4 is 20.7 Å². The van der Waals surface area contributed by atoms with E-state index in [9.17, 15) is 9.59 Å². The van der Waals surface area contributed by atoms with E-state index in [1.165, 1.54) is 4.90 Å². The normalized spacial score (nSPS) is 15.2. The standard InChI is InChI=1S/C24H22N4O4/c25-22(26)16-10-12-18(13-11-16)28-14-19(32-24(28)30)15-31-21-9-5-4-8-20(21)23(29)27-17-6-2-1-3-7-17/h1-13,19H,14-15H2,(H3,25,26)(H,27,29). The third-order valence-corrected chi connectivity index (χ3v) is 4.95. The average Bonchev–Trinajstić information content (AvgIpc) is 3.19. The number of para-hydroxylation sites is 2. The van der Waals surface area contributed by atoms with Crippen molar-refractivity contribution >= 4 is 29.2 Å². The van der Waals surface area contributed by atoms with Crippen molar-refractivity contribution in [1.82, 2.24) is 0 Å². The Labute approximate surface area is 185 Å². The van der Waals surface area contributed by atoms with Crippen LogP contribution in [0, 0.1) is 5.41 Å². The highest BCUT2D eigenvalue weighted by Gasteiger charge is 2.33. The largest absolute Gasteiger partial charge is 0.489 e. The lowest BCUT2D eigenvalue weighted by Crippen LogP contribution is -2.27. The lowest BCUT2D eigenvalue weighted by atomic mass is 10.1. The number of carbonyl (C=O) groups excluding carboxylic acids is 2. The number of nitrogens with zero attached hydrogens (tertiary/aromatic N) is 1. The number of carbonyl (C=O) groups is 2. The van der Waals surface area contributed by atoms with Crippen molar-refractivity contribution in [2.45, 2.75) is 6.10 Å². The van der Waals surface area contributed by atoms with Crippen LogP contribution in [0.15, 0.2) is 78.9 Å². The van der Waals surface area contributed by atoms with Gasteiger partial charge in [0.1, 0.15) is 18.2 Å². The van der Waals surface area contributed by atoms with E-state index >= 15 is 0 Å². The fourth-order valence-electron chi connectivity index (χ4n) is 3.32. The highest BCUT2D eigenvalue weighted by Crippen LogP contribution is 2.24. The zero-order valence-electron chi connectivity index (χ0n) is 17.2. The maximum atomic E-state index is 12.7. The Morgan fingerprint density at radius 3 is 2.47 bits per heavy atom. The summed E-state index contributed by atoms with van der Waals surface area (Å²) in [4.78, 5) is 26.5. The summed E-state index contributed by atoms with van der Waals surface area (Å²) in [6.07, 6.45) is -0.982. The van der Waals surface area contributed by atoms with Gasteiger partial charge in [0.2, 0.25) is 0 Å². The molecule has 1 fully saturated rings. The molecule has 0 aliphatic carbocycles. The average molecular weight is 430 g/mol. The first-order valence-corrected chi connectivity index (χ1v) is 10.0. The number of hydrogen-bond donors (Lipinski definition) is 3. The number of rotatable bonds is 7. The summed E-state index contributed by atoms with van der Waals surface area (Å²) in [6.45, 7) is 0.403. The maximum absolute atomic E-state index is 12.7. The molecule has 4 N–H and O–H groups in total. The molecule has 3 aromatic rings. The zero-order chi connectivity index (χ0) is 22.5. The van der Waals surface area contributed by atoms with Crippen LogP contribution in [0.5, 0.6) is 5.75 Å². The lowest BCUT2D eigenvalue weighted by Gasteiger charge is -2.15. The number of ether oxygens (including phenoxy) is 2. The first-order chi connectivity index (χ1) is 15.5. The Bertz CT molecular complexity index is 1130. The first-order valence-electron chi connectivity index (χ1n) is 10.0. The molecule has 162 valence electrons. The Morgan fingerprint density at radius 1 is 1.06 bits per heavy atom. The van der Waals surface area contributed by atoms with Gasteiger partial charge >= 0.3 is 6.09 Å². The minimum Gasteiger partial charge on any atom is -0.489 e. The van der Waals surface area contributed by atoms with Gasteiger partial charge < -0.3 is 20.5 Å². The monoisotopic (exact) mass is 430 g/mol. The zero-order valence-corrected chi connectivity index (χ0v) is 17.2. The van der Waals surface area contributed by atoms with Crippen molar-refractivity contribution < 1.29 is 19.1 Å². The van der Waals surface area contributed by atoms with Crippen LogP contribution in [0.4, 0.5) is 16.2 Å². The maximum Gasteiger partial charge on any atom is 0.414 e. The quantitative estimate of drug-likeness (QED) is 0.391. The third kappa shape index (κ3) is 4.70. The molecule has 0 bridgehead atoms. The smallest absolute Gasteiger partial charge is 0.414 e. The van der Waals surface area contributed by atoms with Crippen LogP contribution in [0.25, 0.3) is 0 Å². The first kappa shape index (κ1) is 20.9. The van der Waals surface area contributed by atoms with Gasteiger partial charge in [-0.05, 0) is 48.5 Å². The van der Waals surface area contributed by atoms with Gasteiger partial charge in [0.05, 0.1) is 12.1 Å². The second kappa shape index (κ2) is 9.22. The van der Waals surface area contributed by atoms with Crippen LogP contribution in [0.2, 0.25) is 0 Å². The summed E-state index contributed by atoms with van der Waals surface area (Å²) in [6, 6.07) is 22.8. The van der Waals surface area contributed by atoms with Crippen LogP contribution >= 0.6 is 0 Å². The summed E-state index contributed by atoms with van der Waals surface area (Å²) in [5.74, 6) is 0.0745. The summed E-state index contributed by atoms with van der Waals surface area (Å²) in [7, 11) is 0. The van der Waals surface area contributed by atoms with E-state index in [4.69, 9.17) is 20.6 Å². The fraction of sp³-hybridized carbons (Fsp3) is 0.125. The van der Waals surface area contributed by atoms with E-state index in [-0.39, 0.29) is 18.3 Å². The van der Waals surface area contributed by atoms with Crippen LogP contribution in [0.1, 0.15) is 15.9 Å². The summed E-state index contributed by atoms with van der Waals surface area (Å²) in [5, 5.41) is 10.3. The summed E-state index contributed by atoms with van der Waals surface area (Å²) >= 11 is 0. The SMILES string of the molecule is N=C(N)c1ccc(N2CC(COc3ccccc3C(=O)Nc3ccccc3)OC2=O)cc1. The Kier molecular flexibility index (Phi) is 6.03. The molecule has 0 radical (unpaired) electrons. The molecule has 1 atom stereocenters. The van der Waals surface area contributed by atoms with Crippen molar-refractivity contribution in [3.63, 3.8) is 0 Å². The minimum absolute atomic E-state index is 0.0400. The number of nitrogen functional groups attached to an aromatic ring is 1. The topological polar surface area (TPSA) is 118 Å². The van der Waals surface area contributed by atoms with Crippen molar-refractivity contribution in [2.75, 3.05) is 23.4 Å². The Morgan fingerprint density at radius 2 is 1.75 bits per heavy atom. The van der Waals surface area contributed by atoms with Gasteiger partial charge in [-0.1, -0.05) is 30.3 Å². The van der Waals surface area contributed by atoms with Gasteiger partial charge in [-0.25, -0.2) is 4.79 Å². The molecule has 2 amide bonds. The molecule has 1 aliphatic rings. The molecule has 3 aromatic carbocycles. The molecule has 1 heterocycles. The van der Waals surface area contributed by atoms with E-state index in [0.717, 1.165) is 0 Å². The number of nitrogens with two attached hydrogens (primary N) is 1. The molecule has 1 saturated heterocycles. The highest BCUT2D eigenvalue weighted by atomic mass is 16.6. The number of anilines is 2. The number of benzene rings is 3. The van der Waals surface area contributed by atoms with E-state index in [0.29, 0.717) is 34.8 Å². The predicted octanol–water partition coefficient (Wildman–Crippen LogP) is 3.63. The number of hydrogen-bond acceptors (Lipinski definition) is 5. The van der Waals surface area contributed by atoms with E-state index in [1.54, 1.807) is 60.7 Å². The number of cyclic esters (lactones) is 1. The third-order valence-electron chi connectivity index (χ3n) is 4.95. The molecular formula is C24H22N4O4. The molecule has 8 nitrogen and oxygen atoms in total. The summed E-state index contributed by atoms with van der Waals surface area (Å²) < 4.78 is 11.3. The minimum atomic E-state index is -0.500. The van der Waals surface area contributed by atoms with Crippen LogP contribution in [0.3, 0.4) is 0 Å². The predicted molar refractivity (Wildman–Crippen MR) is 121 cm³/mol. The number of amides is 2. The molecule has 8 heteroatoms. The molecular weight excluding hydrogens is 408 g/mol. The van der Waals surface area contributed by atoms with Gasteiger partial charge in [-0.15, -0.1) is 0 Å². The van der Waals surface area contributed by atoms with Gasteiger partial charge in [0.25, 0.3) is 5.91 Å². The fourth-order valence-corrected chi connectivity index (χ4v) is 3.32. The van der Waals surface area contributed by atoms with Crippen LogP contribution in [-0.2, 0) is 4.74 Å². The molecule has 32 heavy (non-hydrogen) atoms. The number of amidine groups is 1. The van der Waals surface area contributed by atoms with E-state index in [2.05, 4.69) is 5.32 Å². The van der Waals surface area contributed by atoms with Gasteiger partial charge in [0.15, 0.2) is 6.10 Å². The number of nitrogens with one attached hydrogen (secondary N) is 2. The molecule has 1 aliphatic heterocycles. The van der Waals surface area contributed by atoms with Gasteiger partial charge in [-0.3, -0.25) is 15.1 Å². The lowest BCUT2D eigenvalue weighted by molar-refractivity contribution is 0.0981. The Balaban J connectivity index is 1.39. The second-order valence-electron chi connectivity index (χ2n) is 7.20. The van der Waals surface area contributed by atoms with Gasteiger partial charge in [0, 0.05) is 16.9 Å². The molecule has 0 aromatic heterocycles. The molecule has 0 spiro atoms. The van der Waals surface area contributed by atoms with Crippen molar-refractivity contribution in [3.8, 4) is 5.75 Å². The molecule has 4 rings (SSSR count). The highest BCUT2D eigenvalue weighted by molar-refractivity contribution is 6.06. The van der Waals surface area contributed by atoms with Crippen molar-refractivity contribution in [1.29, 1.82) is 5.41 Å². The van der Waals surface area contributed by atoms with Gasteiger partial charge in [-0.2, -0.15) is 0 Å². The van der Waals surface area contributed by atoms with Crippen LogP contribution in [-0.4, -0.2) is 37.1 Å². The Hall–Kier alpha value is -4.33. The second-order valence-corrected chi connectivity index (χ2v) is 7.20. The summed E-state index contributed by atoms with van der Waals surface area (Å²) in [5.41, 5.74) is 7.76. The van der Waals surface area contributed by atoms with E-state index in [1.807, 2.05) is 18.2 Å². The van der Waals surface area contributed by atoms with Crippen molar-refractivity contribution in [2.24, 2.45) is 5.73 Å². The van der Waals surface area contributed by atoms with Crippen molar-refractivity contribution in [3.05, 3.63) is 90.0 Å². The molecule has 0 saturated carbocycles. The van der Waals surface area contributed by atoms with E-state index < -0.39 is 12.2 Å². The molecule has 1 unspecified atom stereocenters.